The van der Waals surface area contributed by atoms with Crippen molar-refractivity contribution in [3.63, 3.8) is 0 Å². The lowest BCUT2D eigenvalue weighted by Gasteiger charge is -2.04. The molecular weight excluding hydrogens is 174 g/mol. The van der Waals surface area contributed by atoms with Gasteiger partial charge >= 0.3 is 0 Å². The third kappa shape index (κ3) is 3.12. The summed E-state index contributed by atoms with van der Waals surface area (Å²) in [6.07, 6.45) is 2.66. The van der Waals surface area contributed by atoms with E-state index in [0.717, 1.165) is 0 Å². The molecule has 0 radical (unpaired) electrons. The van der Waals surface area contributed by atoms with Crippen molar-refractivity contribution in [2.45, 2.75) is 6.43 Å². The van der Waals surface area contributed by atoms with E-state index >= 15 is 0 Å². The Bertz CT molecular complexity index is 298. The van der Waals surface area contributed by atoms with Crippen LogP contribution in [-0.2, 0) is 0 Å². The fourth-order valence-electron chi connectivity index (χ4n) is 0.807. The maximum Gasteiger partial charge on any atom is 0.272 e. The zero-order valence-corrected chi connectivity index (χ0v) is 6.84. The van der Waals surface area contributed by atoms with Crippen LogP contribution in [0.25, 0.3) is 0 Å². The van der Waals surface area contributed by atoms with Crippen molar-refractivity contribution in [2.75, 3.05) is 6.61 Å². The molecule has 0 aliphatic carbocycles. The zero-order valence-electron chi connectivity index (χ0n) is 6.84. The molecule has 0 saturated heterocycles. The highest BCUT2D eigenvalue weighted by Crippen LogP contribution is 2.12. The SMILES string of the molecule is C#Cc1ccc(OCC(F)F)cc1. The van der Waals surface area contributed by atoms with E-state index in [2.05, 4.69) is 5.92 Å². The Labute approximate surface area is 75.3 Å². The van der Waals surface area contributed by atoms with Crippen LogP contribution in [0, 0.1) is 12.3 Å². The predicted octanol–water partition coefficient (Wildman–Crippen LogP) is 2.31. The lowest BCUT2D eigenvalue weighted by Crippen LogP contribution is -2.06. The Kier molecular flexibility index (Phi) is 3.27. The fourth-order valence-corrected chi connectivity index (χ4v) is 0.807. The van der Waals surface area contributed by atoms with Gasteiger partial charge in [0.15, 0.2) is 0 Å². The minimum absolute atomic E-state index is 0.402. The molecular formula is C10H8F2O. The van der Waals surface area contributed by atoms with Gasteiger partial charge in [0.1, 0.15) is 12.4 Å². The number of benzene rings is 1. The van der Waals surface area contributed by atoms with Gasteiger partial charge in [0.2, 0.25) is 0 Å². The molecule has 1 nitrogen and oxygen atoms in total. The molecule has 0 aromatic heterocycles. The van der Waals surface area contributed by atoms with Crippen LogP contribution >= 0.6 is 0 Å². The van der Waals surface area contributed by atoms with Crippen LogP contribution in [0.2, 0.25) is 0 Å². The largest absolute Gasteiger partial charge is 0.488 e. The van der Waals surface area contributed by atoms with Crippen LogP contribution in [0.5, 0.6) is 5.75 Å². The van der Waals surface area contributed by atoms with E-state index < -0.39 is 13.0 Å². The molecule has 0 unspecified atom stereocenters. The smallest absolute Gasteiger partial charge is 0.272 e. The highest BCUT2D eigenvalue weighted by atomic mass is 19.3. The highest BCUT2D eigenvalue weighted by Gasteiger charge is 2.02. The average molecular weight is 182 g/mol. The molecule has 1 aromatic carbocycles. The first-order chi connectivity index (χ1) is 6.22. The molecule has 0 aliphatic heterocycles. The maximum atomic E-state index is 11.7. The molecule has 0 heterocycles. The van der Waals surface area contributed by atoms with Crippen LogP contribution in [-0.4, -0.2) is 13.0 Å². The summed E-state index contributed by atoms with van der Waals surface area (Å²) in [5, 5.41) is 0. The lowest BCUT2D eigenvalue weighted by atomic mass is 10.2. The predicted molar refractivity (Wildman–Crippen MR) is 45.9 cm³/mol. The van der Waals surface area contributed by atoms with E-state index in [4.69, 9.17) is 11.2 Å². The van der Waals surface area contributed by atoms with Gasteiger partial charge in [0.05, 0.1) is 0 Å². The molecule has 0 N–H and O–H groups in total. The molecule has 0 saturated carbocycles. The normalized spacial score (nSPS) is 9.69. The second kappa shape index (κ2) is 4.46. The number of rotatable bonds is 3. The average Bonchev–Trinajstić information content (AvgIpc) is 2.15. The van der Waals surface area contributed by atoms with Crippen LogP contribution in [0.3, 0.4) is 0 Å². The Morgan fingerprint density at radius 2 is 1.92 bits per heavy atom. The van der Waals surface area contributed by atoms with Gasteiger partial charge in [-0.15, -0.1) is 6.42 Å². The van der Waals surface area contributed by atoms with Crippen LogP contribution in [0.1, 0.15) is 5.56 Å². The van der Waals surface area contributed by atoms with E-state index in [1.54, 1.807) is 24.3 Å². The van der Waals surface area contributed by atoms with Crippen molar-refractivity contribution in [2.24, 2.45) is 0 Å². The highest BCUT2D eigenvalue weighted by molar-refractivity contribution is 5.36. The van der Waals surface area contributed by atoms with E-state index in [0.29, 0.717) is 11.3 Å². The van der Waals surface area contributed by atoms with Crippen molar-refractivity contribution in [3.8, 4) is 18.1 Å². The van der Waals surface area contributed by atoms with Gasteiger partial charge in [-0.05, 0) is 24.3 Å². The van der Waals surface area contributed by atoms with E-state index in [-0.39, 0.29) is 0 Å². The summed E-state index contributed by atoms with van der Waals surface area (Å²) >= 11 is 0. The van der Waals surface area contributed by atoms with Gasteiger partial charge < -0.3 is 4.74 Å². The first-order valence-corrected chi connectivity index (χ1v) is 3.70. The lowest BCUT2D eigenvalue weighted by molar-refractivity contribution is 0.0819. The van der Waals surface area contributed by atoms with Crippen molar-refractivity contribution < 1.29 is 13.5 Å². The quantitative estimate of drug-likeness (QED) is 0.652. The van der Waals surface area contributed by atoms with Crippen LogP contribution in [0.15, 0.2) is 24.3 Å². The summed E-state index contributed by atoms with van der Waals surface area (Å²) in [6, 6.07) is 6.41. The molecule has 0 aliphatic rings. The molecule has 1 aromatic rings. The second-order valence-corrected chi connectivity index (χ2v) is 2.37. The Hall–Kier alpha value is -1.56. The molecule has 0 fully saturated rings. The Morgan fingerprint density at radius 3 is 2.38 bits per heavy atom. The van der Waals surface area contributed by atoms with Crippen molar-refractivity contribution in [1.82, 2.24) is 0 Å². The Morgan fingerprint density at radius 1 is 1.31 bits per heavy atom. The van der Waals surface area contributed by atoms with Crippen LogP contribution < -0.4 is 4.74 Å². The van der Waals surface area contributed by atoms with Crippen molar-refractivity contribution in [1.29, 1.82) is 0 Å². The molecule has 1 rings (SSSR count). The monoisotopic (exact) mass is 182 g/mol. The molecule has 0 bridgehead atoms. The number of halogens is 2. The first-order valence-electron chi connectivity index (χ1n) is 3.70. The maximum absolute atomic E-state index is 11.7. The van der Waals surface area contributed by atoms with Gasteiger partial charge in [0.25, 0.3) is 6.43 Å². The zero-order chi connectivity index (χ0) is 9.68. The summed E-state index contributed by atoms with van der Waals surface area (Å²) in [4.78, 5) is 0. The summed E-state index contributed by atoms with van der Waals surface area (Å²) < 4.78 is 28.2. The summed E-state index contributed by atoms with van der Waals surface area (Å²) in [5.41, 5.74) is 0.699. The van der Waals surface area contributed by atoms with E-state index in [1.165, 1.54) is 0 Å². The standard InChI is InChI=1S/C10H8F2O/c1-2-8-3-5-9(6-4-8)13-7-10(11)12/h1,3-6,10H,7H2. The summed E-state index contributed by atoms with van der Waals surface area (Å²) in [6.45, 7) is -0.588. The van der Waals surface area contributed by atoms with Gasteiger partial charge in [0, 0.05) is 5.56 Å². The van der Waals surface area contributed by atoms with Crippen molar-refractivity contribution in [3.05, 3.63) is 29.8 Å². The minimum atomic E-state index is -2.45. The van der Waals surface area contributed by atoms with Crippen LogP contribution in [0.4, 0.5) is 8.78 Å². The van der Waals surface area contributed by atoms with Gasteiger partial charge in [-0.25, -0.2) is 8.78 Å². The molecule has 68 valence electrons. The summed E-state index contributed by atoms with van der Waals surface area (Å²) in [5.74, 6) is 2.82. The minimum Gasteiger partial charge on any atom is -0.488 e. The third-order valence-corrected chi connectivity index (χ3v) is 1.40. The third-order valence-electron chi connectivity index (χ3n) is 1.40. The topological polar surface area (TPSA) is 9.23 Å². The molecule has 3 heteroatoms. The number of ether oxygens (including phenoxy) is 1. The molecule has 13 heavy (non-hydrogen) atoms. The molecule has 0 atom stereocenters. The Balaban J connectivity index is 2.55. The molecule has 0 amide bonds. The number of alkyl halides is 2. The molecule has 0 spiro atoms. The van der Waals surface area contributed by atoms with Gasteiger partial charge in [-0.1, -0.05) is 5.92 Å². The van der Waals surface area contributed by atoms with Crippen molar-refractivity contribution >= 4 is 0 Å². The second-order valence-electron chi connectivity index (χ2n) is 2.37. The number of terminal acetylenes is 1. The van der Waals surface area contributed by atoms with Gasteiger partial charge in [-0.3, -0.25) is 0 Å². The van der Waals surface area contributed by atoms with E-state index in [1.807, 2.05) is 0 Å². The number of hydrogen-bond donors (Lipinski definition) is 0. The van der Waals surface area contributed by atoms with E-state index in [9.17, 15) is 8.78 Å². The summed E-state index contributed by atoms with van der Waals surface area (Å²) in [7, 11) is 0. The fraction of sp³-hybridized carbons (Fsp3) is 0.200. The number of hydrogen-bond acceptors (Lipinski definition) is 1. The first kappa shape index (κ1) is 9.53. The van der Waals surface area contributed by atoms with Gasteiger partial charge in [-0.2, -0.15) is 0 Å².